The Hall–Kier alpha value is -0.590. The van der Waals surface area contributed by atoms with Crippen molar-refractivity contribution in [3.8, 4) is 0 Å². The summed E-state index contributed by atoms with van der Waals surface area (Å²) in [5.41, 5.74) is 0. The first-order chi connectivity index (χ1) is 4.41. The molecule has 0 aliphatic rings. The summed E-state index contributed by atoms with van der Waals surface area (Å²) in [7, 11) is -1.50. The lowest BCUT2D eigenvalue weighted by Gasteiger charge is -1.69. The van der Waals surface area contributed by atoms with Crippen molar-refractivity contribution in [3.05, 3.63) is 36.4 Å². The van der Waals surface area contributed by atoms with Gasteiger partial charge in [-0.1, -0.05) is 36.4 Å². The maximum absolute atomic E-state index is 8.57. The van der Waals surface area contributed by atoms with E-state index in [1.54, 1.807) is 0 Å². The minimum Gasteiger partial charge on any atom is -0.348 e. The lowest BCUT2D eigenvalue weighted by atomic mass is 10.4. The third-order valence-corrected chi connectivity index (χ3v) is 0.667. The fourth-order valence-electron chi connectivity index (χ4n) is 0.385. The first kappa shape index (κ1) is 8.41. The van der Waals surface area contributed by atoms with E-state index in [0.717, 1.165) is 0 Å². The molecule has 0 bridgehead atoms. The molecule has 0 saturated heterocycles. The van der Waals surface area contributed by atoms with E-state index < -0.39 is 8.69 Å². The second kappa shape index (κ2) is 7.41. The first-order valence-electron chi connectivity index (χ1n) is 2.49. The van der Waals surface area contributed by atoms with Crippen LogP contribution < -0.4 is 0 Å². The Bertz CT molecular complexity index is 114. The van der Waals surface area contributed by atoms with Gasteiger partial charge in [0.2, 0.25) is 0 Å². The molecule has 9 heavy (non-hydrogen) atoms. The van der Waals surface area contributed by atoms with Crippen molar-refractivity contribution < 1.29 is 9.46 Å². The van der Waals surface area contributed by atoms with Gasteiger partial charge in [-0.25, -0.2) is 0 Å². The normalized spacial score (nSPS) is 8.56. The van der Waals surface area contributed by atoms with Crippen LogP contribution in [-0.4, -0.2) is 4.89 Å². The van der Waals surface area contributed by atoms with Gasteiger partial charge in [0.05, 0.1) is 0 Å². The van der Waals surface area contributed by atoms with Crippen LogP contribution in [0.15, 0.2) is 36.4 Å². The van der Waals surface area contributed by atoms with E-state index in [0.29, 0.717) is 0 Å². The summed E-state index contributed by atoms with van der Waals surface area (Å²) in [6, 6.07) is 12.0. The summed E-state index contributed by atoms with van der Waals surface area (Å²) < 4.78 is 8.57. The zero-order valence-electron chi connectivity index (χ0n) is 4.90. The maximum Gasteiger partial charge on any atom is 0.177 e. The van der Waals surface area contributed by atoms with Crippen LogP contribution >= 0.6 is 8.69 Å². The van der Waals surface area contributed by atoms with Crippen LogP contribution in [0.3, 0.4) is 0 Å². The molecule has 1 unspecified atom stereocenters. The number of hydrogen-bond donors (Lipinski definition) is 1. The van der Waals surface area contributed by atoms with E-state index in [4.69, 9.17) is 9.46 Å². The summed E-state index contributed by atoms with van der Waals surface area (Å²) in [6.45, 7) is 0. The predicted octanol–water partition coefficient (Wildman–Crippen LogP) is 1.34. The fourth-order valence-corrected chi connectivity index (χ4v) is 0.385. The van der Waals surface area contributed by atoms with E-state index >= 15 is 0 Å². The molecule has 0 heterocycles. The molecule has 0 fully saturated rings. The van der Waals surface area contributed by atoms with Gasteiger partial charge in [-0.3, -0.25) is 4.57 Å². The molecule has 2 nitrogen and oxygen atoms in total. The number of hydrogen-bond acceptors (Lipinski definition) is 1. The lowest BCUT2D eigenvalue weighted by Crippen LogP contribution is -1.47. The zero-order valence-corrected chi connectivity index (χ0v) is 6.05. The van der Waals surface area contributed by atoms with Gasteiger partial charge >= 0.3 is 0 Å². The summed E-state index contributed by atoms with van der Waals surface area (Å²) in [6.07, 6.45) is 0. The van der Waals surface area contributed by atoms with Gasteiger partial charge < -0.3 is 4.89 Å². The SMILES string of the molecule is O=[PH2]O.c1ccccc1. The maximum atomic E-state index is 8.57. The minimum atomic E-state index is -1.50. The van der Waals surface area contributed by atoms with Crippen LogP contribution in [-0.2, 0) is 4.57 Å². The summed E-state index contributed by atoms with van der Waals surface area (Å²) >= 11 is 0. The monoisotopic (exact) mass is 144 g/mol. The Morgan fingerprint density at radius 2 is 1.00 bits per heavy atom. The number of benzene rings is 1. The van der Waals surface area contributed by atoms with E-state index in [1.165, 1.54) is 0 Å². The molecule has 50 valence electrons. The van der Waals surface area contributed by atoms with Gasteiger partial charge in [-0.05, 0) is 0 Å². The molecule has 0 saturated carbocycles. The molecular weight excluding hydrogens is 135 g/mol. The van der Waals surface area contributed by atoms with Gasteiger partial charge in [-0.2, -0.15) is 0 Å². The van der Waals surface area contributed by atoms with E-state index in [-0.39, 0.29) is 0 Å². The van der Waals surface area contributed by atoms with Gasteiger partial charge in [0.25, 0.3) is 0 Å². The van der Waals surface area contributed by atoms with Crippen molar-refractivity contribution in [1.82, 2.24) is 0 Å². The molecule has 1 aromatic carbocycles. The molecule has 0 radical (unpaired) electrons. The predicted molar refractivity (Wildman–Crippen MR) is 39.1 cm³/mol. The standard InChI is InChI=1S/C6H6.H3O2P/c1-2-4-6-5-3-1;1-3-2/h1-6H;3H2,(H,1,2). The van der Waals surface area contributed by atoms with Crippen LogP contribution in [0.5, 0.6) is 0 Å². The topological polar surface area (TPSA) is 37.3 Å². The van der Waals surface area contributed by atoms with Crippen molar-refractivity contribution in [2.24, 2.45) is 0 Å². The molecule has 1 atom stereocenters. The molecule has 0 amide bonds. The molecular formula is C6H9O2P. The van der Waals surface area contributed by atoms with Crippen LogP contribution in [0.4, 0.5) is 0 Å². The van der Waals surface area contributed by atoms with Crippen LogP contribution in [0, 0.1) is 0 Å². The fraction of sp³-hybridized carbons (Fsp3) is 0. The van der Waals surface area contributed by atoms with Crippen LogP contribution in [0.1, 0.15) is 0 Å². The molecule has 1 aromatic rings. The van der Waals surface area contributed by atoms with E-state index in [1.807, 2.05) is 36.4 Å². The first-order valence-corrected chi connectivity index (χ1v) is 3.48. The van der Waals surface area contributed by atoms with Crippen molar-refractivity contribution in [2.75, 3.05) is 0 Å². The molecule has 0 aromatic heterocycles. The zero-order chi connectivity index (χ0) is 6.95. The Kier molecular flexibility index (Phi) is 6.92. The minimum absolute atomic E-state index is 1.50. The van der Waals surface area contributed by atoms with Crippen molar-refractivity contribution in [2.45, 2.75) is 0 Å². The highest BCUT2D eigenvalue weighted by Crippen LogP contribution is 1.79. The molecule has 0 spiro atoms. The second-order valence-corrected chi connectivity index (χ2v) is 1.47. The third-order valence-electron chi connectivity index (χ3n) is 0.667. The molecule has 1 rings (SSSR count). The average Bonchev–Trinajstić information content (AvgIpc) is 1.93. The van der Waals surface area contributed by atoms with E-state index in [2.05, 4.69) is 0 Å². The van der Waals surface area contributed by atoms with Crippen molar-refractivity contribution >= 4 is 8.69 Å². The highest BCUT2D eigenvalue weighted by atomic mass is 31.1. The molecule has 0 aliphatic carbocycles. The van der Waals surface area contributed by atoms with Crippen molar-refractivity contribution in [3.63, 3.8) is 0 Å². The summed E-state index contributed by atoms with van der Waals surface area (Å²) in [5.74, 6) is 0. The molecule has 0 aliphatic heterocycles. The highest BCUT2D eigenvalue weighted by molar-refractivity contribution is 7.16. The Balaban J connectivity index is 0.000000187. The smallest absolute Gasteiger partial charge is 0.177 e. The van der Waals surface area contributed by atoms with Gasteiger partial charge in [0.1, 0.15) is 0 Å². The third kappa shape index (κ3) is 7.41. The highest BCUT2D eigenvalue weighted by Gasteiger charge is 1.57. The lowest BCUT2D eigenvalue weighted by molar-refractivity contribution is 0.524. The van der Waals surface area contributed by atoms with Crippen LogP contribution in [0.25, 0.3) is 0 Å². The molecule has 1 N–H and O–H groups in total. The van der Waals surface area contributed by atoms with E-state index in [9.17, 15) is 0 Å². The summed E-state index contributed by atoms with van der Waals surface area (Å²) in [5, 5.41) is 0. The average molecular weight is 144 g/mol. The largest absolute Gasteiger partial charge is 0.348 e. The van der Waals surface area contributed by atoms with Crippen LogP contribution in [0.2, 0.25) is 0 Å². The summed E-state index contributed by atoms with van der Waals surface area (Å²) in [4.78, 5) is 7.10. The van der Waals surface area contributed by atoms with Gasteiger partial charge in [-0.15, -0.1) is 0 Å². The second-order valence-electron chi connectivity index (χ2n) is 1.26. The van der Waals surface area contributed by atoms with Gasteiger partial charge in [0.15, 0.2) is 8.69 Å². The molecule has 3 heteroatoms. The quantitative estimate of drug-likeness (QED) is 0.558. The van der Waals surface area contributed by atoms with Crippen molar-refractivity contribution in [1.29, 1.82) is 0 Å². The Morgan fingerprint density at radius 3 is 1.11 bits per heavy atom. The Morgan fingerprint density at radius 1 is 0.889 bits per heavy atom. The van der Waals surface area contributed by atoms with Gasteiger partial charge in [0, 0.05) is 0 Å². The Labute approximate surface area is 55.4 Å². The number of rotatable bonds is 0.